The zero-order valence-electron chi connectivity index (χ0n) is 13.8. The number of methoxy groups -OCH3 is 2. The maximum atomic E-state index is 12.4. The minimum Gasteiger partial charge on any atom is -0.493 e. The molecule has 7 heteroatoms. The Bertz CT molecular complexity index is 562. The highest BCUT2D eigenvalue weighted by Gasteiger charge is 2.18. The van der Waals surface area contributed by atoms with Gasteiger partial charge in [0.25, 0.3) is 5.91 Å². The lowest BCUT2D eigenvalue weighted by Gasteiger charge is -2.18. The highest BCUT2D eigenvalue weighted by Crippen LogP contribution is 2.37. The van der Waals surface area contributed by atoms with Crippen molar-refractivity contribution in [2.45, 2.75) is 19.8 Å². The minimum atomic E-state index is -0.355. The molecule has 0 saturated carbocycles. The summed E-state index contributed by atoms with van der Waals surface area (Å²) < 4.78 is 16.2. The molecule has 0 fully saturated rings. The van der Waals surface area contributed by atoms with E-state index in [9.17, 15) is 9.59 Å². The molecule has 0 aromatic heterocycles. The molecule has 0 aliphatic carbocycles. The number of esters is 1. The standard InChI is InChI=1S/C16H22BrNO5/c1-5-8-23-15-12(17)9-11(10-13(15)21-3)16(20)18(2)7-6-14(19)22-4/h9-10H,5-8H2,1-4H3. The topological polar surface area (TPSA) is 65.1 Å². The highest BCUT2D eigenvalue weighted by molar-refractivity contribution is 9.10. The first kappa shape index (κ1) is 19.3. The van der Waals surface area contributed by atoms with Gasteiger partial charge in [-0.25, -0.2) is 0 Å². The van der Waals surface area contributed by atoms with Gasteiger partial charge in [-0.3, -0.25) is 9.59 Å². The fourth-order valence-electron chi connectivity index (χ4n) is 1.87. The van der Waals surface area contributed by atoms with Crippen molar-refractivity contribution in [3.8, 4) is 11.5 Å². The van der Waals surface area contributed by atoms with Crippen LogP contribution in [0.25, 0.3) is 0 Å². The molecule has 0 unspecified atom stereocenters. The van der Waals surface area contributed by atoms with E-state index in [-0.39, 0.29) is 24.8 Å². The van der Waals surface area contributed by atoms with Gasteiger partial charge in [0.15, 0.2) is 11.5 Å². The van der Waals surface area contributed by atoms with Crippen molar-refractivity contribution in [3.05, 3.63) is 22.2 Å². The van der Waals surface area contributed by atoms with Crippen LogP contribution in [0.15, 0.2) is 16.6 Å². The number of amides is 1. The molecule has 1 amide bonds. The summed E-state index contributed by atoms with van der Waals surface area (Å²) >= 11 is 3.41. The van der Waals surface area contributed by atoms with E-state index in [1.165, 1.54) is 19.1 Å². The van der Waals surface area contributed by atoms with Gasteiger partial charge in [0, 0.05) is 19.2 Å². The van der Waals surface area contributed by atoms with Crippen molar-refractivity contribution >= 4 is 27.8 Å². The van der Waals surface area contributed by atoms with Crippen molar-refractivity contribution in [1.82, 2.24) is 4.90 Å². The van der Waals surface area contributed by atoms with Crippen LogP contribution in [-0.2, 0) is 9.53 Å². The van der Waals surface area contributed by atoms with Crippen LogP contribution >= 0.6 is 15.9 Å². The molecular weight excluding hydrogens is 366 g/mol. The molecule has 0 spiro atoms. The molecule has 128 valence electrons. The molecule has 0 heterocycles. The van der Waals surface area contributed by atoms with Crippen molar-refractivity contribution in [1.29, 1.82) is 0 Å². The SMILES string of the molecule is CCCOc1c(Br)cc(C(=O)N(C)CCC(=O)OC)cc1OC. The molecule has 0 saturated heterocycles. The van der Waals surface area contributed by atoms with E-state index in [1.807, 2.05) is 6.92 Å². The van der Waals surface area contributed by atoms with Crippen LogP contribution in [0, 0.1) is 0 Å². The normalized spacial score (nSPS) is 10.1. The number of ether oxygens (including phenoxy) is 3. The van der Waals surface area contributed by atoms with Crippen molar-refractivity contribution in [2.24, 2.45) is 0 Å². The van der Waals surface area contributed by atoms with Gasteiger partial charge in [0.2, 0.25) is 0 Å². The number of benzene rings is 1. The van der Waals surface area contributed by atoms with Crippen LogP contribution in [0.3, 0.4) is 0 Å². The Labute approximate surface area is 144 Å². The molecule has 23 heavy (non-hydrogen) atoms. The molecule has 1 aromatic carbocycles. The molecule has 1 aromatic rings. The Kier molecular flexibility index (Phi) is 7.88. The average molecular weight is 388 g/mol. The van der Waals surface area contributed by atoms with E-state index in [0.717, 1.165) is 6.42 Å². The first-order valence-electron chi connectivity index (χ1n) is 7.27. The summed E-state index contributed by atoms with van der Waals surface area (Å²) in [5, 5.41) is 0. The summed E-state index contributed by atoms with van der Waals surface area (Å²) in [5.74, 6) is 0.488. The van der Waals surface area contributed by atoms with Crippen LogP contribution in [-0.4, -0.2) is 51.2 Å². The van der Waals surface area contributed by atoms with Gasteiger partial charge >= 0.3 is 5.97 Å². The summed E-state index contributed by atoms with van der Waals surface area (Å²) in [6.07, 6.45) is 1.02. The number of halogens is 1. The molecule has 0 radical (unpaired) electrons. The minimum absolute atomic E-state index is 0.148. The van der Waals surface area contributed by atoms with Gasteiger partial charge in [-0.15, -0.1) is 0 Å². The van der Waals surface area contributed by atoms with Gasteiger partial charge in [-0.1, -0.05) is 6.92 Å². The third kappa shape index (κ3) is 5.42. The first-order chi connectivity index (χ1) is 10.9. The van der Waals surface area contributed by atoms with Crippen molar-refractivity contribution < 1.29 is 23.8 Å². The lowest BCUT2D eigenvalue weighted by atomic mass is 10.1. The number of carbonyl (C=O) groups is 2. The fraction of sp³-hybridized carbons (Fsp3) is 0.500. The lowest BCUT2D eigenvalue weighted by Crippen LogP contribution is -2.29. The number of hydrogen-bond acceptors (Lipinski definition) is 5. The predicted molar refractivity (Wildman–Crippen MR) is 90.1 cm³/mol. The van der Waals surface area contributed by atoms with Gasteiger partial charge in [0.05, 0.1) is 31.7 Å². The van der Waals surface area contributed by atoms with Crippen LogP contribution in [0.4, 0.5) is 0 Å². The molecule has 1 rings (SSSR count). The summed E-state index contributed by atoms with van der Waals surface area (Å²) in [7, 11) is 4.48. The van der Waals surface area contributed by atoms with Crippen LogP contribution in [0.1, 0.15) is 30.1 Å². The number of carbonyl (C=O) groups excluding carboxylic acids is 2. The third-order valence-electron chi connectivity index (χ3n) is 3.15. The Hall–Kier alpha value is -1.76. The van der Waals surface area contributed by atoms with E-state index in [1.54, 1.807) is 19.2 Å². The van der Waals surface area contributed by atoms with E-state index in [2.05, 4.69) is 20.7 Å². The van der Waals surface area contributed by atoms with Crippen LogP contribution < -0.4 is 9.47 Å². The van der Waals surface area contributed by atoms with E-state index >= 15 is 0 Å². The maximum absolute atomic E-state index is 12.4. The second-order valence-corrected chi connectivity index (χ2v) is 5.75. The third-order valence-corrected chi connectivity index (χ3v) is 3.74. The molecule has 0 aliphatic heterocycles. The Morgan fingerprint density at radius 3 is 2.52 bits per heavy atom. The Morgan fingerprint density at radius 2 is 1.96 bits per heavy atom. The zero-order chi connectivity index (χ0) is 17.4. The smallest absolute Gasteiger partial charge is 0.307 e. The Morgan fingerprint density at radius 1 is 1.26 bits per heavy atom. The summed E-state index contributed by atoms with van der Waals surface area (Å²) in [6.45, 7) is 2.84. The highest BCUT2D eigenvalue weighted by atomic mass is 79.9. The monoisotopic (exact) mass is 387 g/mol. The lowest BCUT2D eigenvalue weighted by molar-refractivity contribution is -0.140. The van der Waals surface area contributed by atoms with Crippen molar-refractivity contribution in [3.63, 3.8) is 0 Å². The largest absolute Gasteiger partial charge is 0.493 e. The molecular formula is C16H22BrNO5. The summed E-state index contributed by atoms with van der Waals surface area (Å²) in [5.41, 5.74) is 0.449. The zero-order valence-corrected chi connectivity index (χ0v) is 15.4. The van der Waals surface area contributed by atoms with Gasteiger partial charge in [-0.05, 0) is 34.5 Å². The molecule has 0 bridgehead atoms. The quantitative estimate of drug-likeness (QED) is 0.641. The first-order valence-corrected chi connectivity index (χ1v) is 8.06. The molecule has 6 nitrogen and oxygen atoms in total. The van der Waals surface area contributed by atoms with Gasteiger partial charge < -0.3 is 19.1 Å². The van der Waals surface area contributed by atoms with Crippen molar-refractivity contribution in [2.75, 3.05) is 34.4 Å². The van der Waals surface area contributed by atoms with Gasteiger partial charge in [-0.2, -0.15) is 0 Å². The average Bonchev–Trinajstić information content (AvgIpc) is 2.56. The van der Waals surface area contributed by atoms with E-state index in [4.69, 9.17) is 9.47 Å². The molecule has 0 N–H and O–H groups in total. The fourth-order valence-corrected chi connectivity index (χ4v) is 2.43. The number of rotatable bonds is 8. The molecule has 0 aliphatic rings. The summed E-state index contributed by atoms with van der Waals surface area (Å²) in [6, 6.07) is 3.32. The Balaban J connectivity index is 2.92. The predicted octanol–water partition coefficient (Wildman–Crippen LogP) is 2.88. The van der Waals surface area contributed by atoms with Gasteiger partial charge in [0.1, 0.15) is 0 Å². The second kappa shape index (κ2) is 9.39. The molecule has 0 atom stereocenters. The van der Waals surface area contributed by atoms with Crippen LogP contribution in [0.2, 0.25) is 0 Å². The maximum Gasteiger partial charge on any atom is 0.307 e. The number of hydrogen-bond donors (Lipinski definition) is 0. The second-order valence-electron chi connectivity index (χ2n) is 4.89. The summed E-state index contributed by atoms with van der Waals surface area (Å²) in [4.78, 5) is 25.1. The van der Waals surface area contributed by atoms with Crippen LogP contribution in [0.5, 0.6) is 11.5 Å². The van der Waals surface area contributed by atoms with E-state index < -0.39 is 0 Å². The number of nitrogens with zero attached hydrogens (tertiary/aromatic N) is 1. The van der Waals surface area contributed by atoms with E-state index in [0.29, 0.717) is 28.1 Å².